The van der Waals surface area contributed by atoms with E-state index in [0.29, 0.717) is 24.9 Å². The third-order valence-corrected chi connectivity index (χ3v) is 2.15. The van der Waals surface area contributed by atoms with Crippen LogP contribution in [0, 0.1) is 5.92 Å². The number of ether oxygens (including phenoxy) is 2. The molecule has 0 aromatic heterocycles. The molecule has 0 atom stereocenters. The lowest BCUT2D eigenvalue weighted by Gasteiger charge is -2.08. The molecule has 1 aromatic rings. The van der Waals surface area contributed by atoms with Crippen LogP contribution in [-0.4, -0.2) is 24.9 Å². The van der Waals surface area contributed by atoms with Gasteiger partial charge in [0.25, 0.3) is 0 Å². The van der Waals surface area contributed by atoms with Crippen LogP contribution in [0.1, 0.15) is 20.3 Å². The van der Waals surface area contributed by atoms with Crippen molar-refractivity contribution in [1.29, 1.82) is 0 Å². The minimum absolute atomic E-state index is 0.221. The Labute approximate surface area is 97.0 Å². The van der Waals surface area contributed by atoms with Crippen LogP contribution in [0.15, 0.2) is 24.3 Å². The lowest BCUT2D eigenvalue weighted by molar-refractivity contribution is 0.0925. The van der Waals surface area contributed by atoms with Gasteiger partial charge in [0.05, 0.1) is 6.61 Å². The van der Waals surface area contributed by atoms with Crippen molar-refractivity contribution in [2.24, 2.45) is 5.92 Å². The van der Waals surface area contributed by atoms with Crippen LogP contribution in [0.3, 0.4) is 0 Å². The molecule has 0 saturated heterocycles. The van der Waals surface area contributed by atoms with E-state index in [1.54, 1.807) is 18.2 Å². The summed E-state index contributed by atoms with van der Waals surface area (Å²) in [4.78, 5) is 0. The first kappa shape index (κ1) is 12.8. The van der Waals surface area contributed by atoms with Gasteiger partial charge in [-0.15, -0.1) is 0 Å². The molecule has 0 heterocycles. The van der Waals surface area contributed by atoms with E-state index in [9.17, 15) is 5.11 Å². The number of aromatic hydroxyl groups is 1. The molecule has 3 heteroatoms. The molecule has 16 heavy (non-hydrogen) atoms. The van der Waals surface area contributed by atoms with Gasteiger partial charge in [0.15, 0.2) is 0 Å². The van der Waals surface area contributed by atoms with E-state index in [4.69, 9.17) is 9.47 Å². The van der Waals surface area contributed by atoms with Crippen molar-refractivity contribution in [1.82, 2.24) is 0 Å². The molecule has 0 fully saturated rings. The molecule has 0 aliphatic heterocycles. The second-order valence-corrected chi connectivity index (χ2v) is 4.14. The molecule has 3 nitrogen and oxygen atoms in total. The SMILES string of the molecule is CC(C)CCOCCOc1cccc(O)c1. The number of phenolic OH excluding ortho intramolecular Hbond substituents is 1. The topological polar surface area (TPSA) is 38.7 Å². The average molecular weight is 224 g/mol. The van der Waals surface area contributed by atoms with Crippen LogP contribution in [0.5, 0.6) is 11.5 Å². The van der Waals surface area contributed by atoms with Gasteiger partial charge in [0, 0.05) is 12.7 Å². The van der Waals surface area contributed by atoms with Crippen LogP contribution in [0.4, 0.5) is 0 Å². The Kier molecular flexibility index (Phi) is 5.72. The Bertz CT molecular complexity index is 297. The summed E-state index contributed by atoms with van der Waals surface area (Å²) in [5.74, 6) is 1.57. The highest BCUT2D eigenvalue weighted by Crippen LogP contribution is 2.17. The number of phenols is 1. The molecule has 0 spiro atoms. The summed E-state index contributed by atoms with van der Waals surface area (Å²) in [5, 5.41) is 9.20. The van der Waals surface area contributed by atoms with Gasteiger partial charge in [-0.2, -0.15) is 0 Å². The standard InChI is InChI=1S/C13H20O3/c1-11(2)6-7-15-8-9-16-13-5-3-4-12(14)10-13/h3-5,10-11,14H,6-9H2,1-2H3. The van der Waals surface area contributed by atoms with Crippen molar-refractivity contribution in [2.45, 2.75) is 20.3 Å². The molecule has 0 aliphatic rings. The molecule has 90 valence electrons. The van der Waals surface area contributed by atoms with Crippen LogP contribution in [0.2, 0.25) is 0 Å². The van der Waals surface area contributed by atoms with E-state index in [2.05, 4.69) is 13.8 Å². The first-order chi connectivity index (χ1) is 7.68. The fourth-order valence-corrected chi connectivity index (χ4v) is 1.21. The Balaban J connectivity index is 2.07. The van der Waals surface area contributed by atoms with Crippen molar-refractivity contribution in [2.75, 3.05) is 19.8 Å². The summed E-state index contributed by atoms with van der Waals surface area (Å²) in [6.07, 6.45) is 1.08. The third-order valence-electron chi connectivity index (χ3n) is 2.15. The summed E-state index contributed by atoms with van der Waals surface area (Å²) in [6, 6.07) is 6.78. The van der Waals surface area contributed by atoms with E-state index in [1.807, 2.05) is 6.07 Å². The van der Waals surface area contributed by atoms with E-state index in [-0.39, 0.29) is 5.75 Å². The van der Waals surface area contributed by atoms with Crippen molar-refractivity contribution in [3.63, 3.8) is 0 Å². The fraction of sp³-hybridized carbons (Fsp3) is 0.538. The van der Waals surface area contributed by atoms with Gasteiger partial charge in [0.2, 0.25) is 0 Å². The maximum Gasteiger partial charge on any atom is 0.123 e. The summed E-state index contributed by atoms with van der Waals surface area (Å²) >= 11 is 0. The fourth-order valence-electron chi connectivity index (χ4n) is 1.21. The van der Waals surface area contributed by atoms with Gasteiger partial charge >= 0.3 is 0 Å². The lowest BCUT2D eigenvalue weighted by atomic mass is 10.1. The minimum Gasteiger partial charge on any atom is -0.508 e. The van der Waals surface area contributed by atoms with Gasteiger partial charge in [-0.25, -0.2) is 0 Å². The highest BCUT2D eigenvalue weighted by molar-refractivity contribution is 5.31. The van der Waals surface area contributed by atoms with Crippen molar-refractivity contribution < 1.29 is 14.6 Å². The summed E-state index contributed by atoms with van der Waals surface area (Å²) in [5.41, 5.74) is 0. The maximum atomic E-state index is 9.20. The minimum atomic E-state index is 0.221. The summed E-state index contributed by atoms with van der Waals surface area (Å²) < 4.78 is 10.8. The van der Waals surface area contributed by atoms with Gasteiger partial charge in [0.1, 0.15) is 18.1 Å². The molecule has 1 N–H and O–H groups in total. The smallest absolute Gasteiger partial charge is 0.123 e. The van der Waals surface area contributed by atoms with Gasteiger partial charge < -0.3 is 14.6 Å². The Morgan fingerprint density at radius 1 is 1.19 bits per heavy atom. The second kappa shape index (κ2) is 7.12. The Hall–Kier alpha value is -1.22. The number of hydrogen-bond acceptors (Lipinski definition) is 3. The summed E-state index contributed by atoms with van der Waals surface area (Å²) in [7, 11) is 0. The molecule has 1 aromatic carbocycles. The molecule has 0 unspecified atom stereocenters. The van der Waals surface area contributed by atoms with E-state index in [0.717, 1.165) is 13.0 Å². The monoisotopic (exact) mass is 224 g/mol. The normalized spacial score (nSPS) is 10.7. The predicted molar refractivity (Wildman–Crippen MR) is 63.9 cm³/mol. The van der Waals surface area contributed by atoms with Crippen LogP contribution in [0.25, 0.3) is 0 Å². The number of benzene rings is 1. The molecular formula is C13H20O3. The highest BCUT2D eigenvalue weighted by Gasteiger charge is 1.96. The maximum absolute atomic E-state index is 9.20. The molecule has 0 aliphatic carbocycles. The molecule has 0 saturated carbocycles. The van der Waals surface area contributed by atoms with Crippen LogP contribution < -0.4 is 4.74 Å². The average Bonchev–Trinajstić information content (AvgIpc) is 2.23. The van der Waals surface area contributed by atoms with Gasteiger partial charge in [-0.05, 0) is 24.5 Å². The lowest BCUT2D eigenvalue weighted by Crippen LogP contribution is -2.08. The highest BCUT2D eigenvalue weighted by atomic mass is 16.5. The zero-order valence-electron chi connectivity index (χ0n) is 9.98. The Morgan fingerprint density at radius 3 is 2.69 bits per heavy atom. The van der Waals surface area contributed by atoms with Crippen LogP contribution >= 0.6 is 0 Å². The van der Waals surface area contributed by atoms with Gasteiger partial charge in [-0.1, -0.05) is 19.9 Å². The van der Waals surface area contributed by atoms with E-state index >= 15 is 0 Å². The number of rotatable bonds is 7. The quantitative estimate of drug-likeness (QED) is 0.724. The zero-order valence-corrected chi connectivity index (χ0v) is 9.98. The summed E-state index contributed by atoms with van der Waals surface area (Å²) in [6.45, 7) is 6.23. The molecule has 1 rings (SSSR count). The van der Waals surface area contributed by atoms with Crippen molar-refractivity contribution >= 4 is 0 Å². The first-order valence-electron chi connectivity index (χ1n) is 5.68. The van der Waals surface area contributed by atoms with E-state index < -0.39 is 0 Å². The Morgan fingerprint density at radius 2 is 2.00 bits per heavy atom. The largest absolute Gasteiger partial charge is 0.508 e. The van der Waals surface area contributed by atoms with Crippen molar-refractivity contribution in [3.05, 3.63) is 24.3 Å². The zero-order chi connectivity index (χ0) is 11.8. The molecule has 0 bridgehead atoms. The van der Waals surface area contributed by atoms with Gasteiger partial charge in [-0.3, -0.25) is 0 Å². The number of hydrogen-bond donors (Lipinski definition) is 1. The van der Waals surface area contributed by atoms with Crippen LogP contribution in [-0.2, 0) is 4.74 Å². The molecule has 0 radical (unpaired) electrons. The molecular weight excluding hydrogens is 204 g/mol. The predicted octanol–water partition coefficient (Wildman–Crippen LogP) is 2.83. The third kappa shape index (κ3) is 5.61. The second-order valence-electron chi connectivity index (χ2n) is 4.14. The van der Waals surface area contributed by atoms with Crippen molar-refractivity contribution in [3.8, 4) is 11.5 Å². The first-order valence-corrected chi connectivity index (χ1v) is 5.68. The molecule has 0 amide bonds. The van der Waals surface area contributed by atoms with E-state index in [1.165, 1.54) is 0 Å².